The topological polar surface area (TPSA) is 80.9 Å². The van der Waals surface area contributed by atoms with Crippen molar-refractivity contribution in [3.05, 3.63) is 34.5 Å². The fourth-order valence-corrected chi connectivity index (χ4v) is 3.50. The van der Waals surface area contributed by atoms with Crippen molar-refractivity contribution in [1.82, 2.24) is 15.2 Å². The van der Waals surface area contributed by atoms with Gasteiger partial charge in [0.25, 0.3) is 5.91 Å². The highest BCUT2D eigenvalue weighted by Crippen LogP contribution is 2.25. The number of anilines is 1. The quantitative estimate of drug-likeness (QED) is 0.769. The molecule has 3 aromatic rings. The first-order chi connectivity index (χ1) is 10.6. The van der Waals surface area contributed by atoms with E-state index in [0.717, 1.165) is 11.4 Å². The Hall–Kier alpha value is -2.06. The second kappa shape index (κ2) is 6.37. The predicted molar refractivity (Wildman–Crippen MR) is 86.2 cm³/mol. The van der Waals surface area contributed by atoms with Crippen molar-refractivity contribution in [3.63, 3.8) is 0 Å². The van der Waals surface area contributed by atoms with Crippen molar-refractivity contribution < 1.29 is 9.21 Å². The SMILES string of the molecule is CC(C)Cc1nnc(NC(=O)c2csc(-c3ccco3)n2)s1. The van der Waals surface area contributed by atoms with Crippen LogP contribution in [0, 0.1) is 5.92 Å². The summed E-state index contributed by atoms with van der Waals surface area (Å²) in [5, 5.41) is 14.6. The number of nitrogens with one attached hydrogen (secondary N) is 1. The number of nitrogens with zero attached hydrogens (tertiary/aromatic N) is 3. The third-order valence-electron chi connectivity index (χ3n) is 2.74. The summed E-state index contributed by atoms with van der Waals surface area (Å²) < 4.78 is 5.27. The highest BCUT2D eigenvalue weighted by molar-refractivity contribution is 7.15. The molecule has 3 rings (SSSR count). The zero-order chi connectivity index (χ0) is 15.5. The van der Waals surface area contributed by atoms with E-state index in [0.29, 0.717) is 27.5 Å². The van der Waals surface area contributed by atoms with Crippen LogP contribution >= 0.6 is 22.7 Å². The van der Waals surface area contributed by atoms with E-state index in [2.05, 4.69) is 34.3 Å². The Morgan fingerprint density at radius 2 is 2.27 bits per heavy atom. The van der Waals surface area contributed by atoms with Gasteiger partial charge < -0.3 is 4.42 Å². The maximum absolute atomic E-state index is 12.2. The summed E-state index contributed by atoms with van der Waals surface area (Å²) in [5.41, 5.74) is 0.344. The van der Waals surface area contributed by atoms with Crippen LogP contribution in [0.3, 0.4) is 0 Å². The Morgan fingerprint density at radius 1 is 1.41 bits per heavy atom. The van der Waals surface area contributed by atoms with Gasteiger partial charge in [0.1, 0.15) is 10.7 Å². The van der Waals surface area contributed by atoms with E-state index in [1.54, 1.807) is 17.7 Å². The summed E-state index contributed by atoms with van der Waals surface area (Å²) in [7, 11) is 0. The molecule has 0 unspecified atom stereocenters. The predicted octanol–water partition coefficient (Wildman–Crippen LogP) is 3.71. The molecule has 1 N–H and O–H groups in total. The first-order valence-corrected chi connectivity index (χ1v) is 8.44. The number of furan rings is 1. The molecule has 0 aromatic carbocycles. The molecule has 0 spiro atoms. The molecule has 22 heavy (non-hydrogen) atoms. The minimum atomic E-state index is -0.290. The lowest BCUT2D eigenvalue weighted by molar-refractivity contribution is 0.102. The van der Waals surface area contributed by atoms with E-state index in [4.69, 9.17) is 4.42 Å². The van der Waals surface area contributed by atoms with Gasteiger partial charge in [-0.05, 0) is 18.1 Å². The smallest absolute Gasteiger partial charge is 0.276 e. The van der Waals surface area contributed by atoms with Crippen LogP contribution < -0.4 is 5.32 Å². The zero-order valence-electron chi connectivity index (χ0n) is 12.1. The number of hydrogen-bond acceptors (Lipinski definition) is 7. The molecule has 114 valence electrons. The highest BCUT2D eigenvalue weighted by atomic mass is 32.1. The molecule has 6 nitrogen and oxygen atoms in total. The zero-order valence-corrected chi connectivity index (χ0v) is 13.7. The molecule has 3 heterocycles. The molecular formula is C14H14N4O2S2. The number of thiazole rings is 1. The molecule has 0 saturated carbocycles. The van der Waals surface area contributed by atoms with Crippen LogP contribution in [0.5, 0.6) is 0 Å². The van der Waals surface area contributed by atoms with Gasteiger partial charge in [0.15, 0.2) is 10.8 Å². The Morgan fingerprint density at radius 3 is 3.00 bits per heavy atom. The highest BCUT2D eigenvalue weighted by Gasteiger charge is 2.15. The van der Waals surface area contributed by atoms with E-state index in [9.17, 15) is 4.79 Å². The molecule has 3 aromatic heterocycles. The van der Waals surface area contributed by atoms with Crippen molar-refractivity contribution in [3.8, 4) is 10.8 Å². The fourth-order valence-electron chi connectivity index (χ4n) is 1.79. The van der Waals surface area contributed by atoms with Crippen molar-refractivity contribution in [1.29, 1.82) is 0 Å². The van der Waals surface area contributed by atoms with Gasteiger partial charge in [-0.3, -0.25) is 10.1 Å². The molecule has 0 aliphatic heterocycles. The summed E-state index contributed by atoms with van der Waals surface area (Å²) in [6.07, 6.45) is 2.43. The number of carbonyl (C=O) groups excluding carboxylic acids is 1. The number of rotatable bonds is 5. The van der Waals surface area contributed by atoms with Gasteiger partial charge in [0.05, 0.1) is 6.26 Å². The van der Waals surface area contributed by atoms with Crippen LogP contribution in [0.15, 0.2) is 28.2 Å². The van der Waals surface area contributed by atoms with Crippen LogP contribution in [0.4, 0.5) is 5.13 Å². The van der Waals surface area contributed by atoms with E-state index < -0.39 is 0 Å². The molecule has 0 aliphatic rings. The van der Waals surface area contributed by atoms with E-state index >= 15 is 0 Å². The Balaban J connectivity index is 1.68. The van der Waals surface area contributed by atoms with Crippen LogP contribution in [-0.2, 0) is 6.42 Å². The molecule has 0 radical (unpaired) electrons. The van der Waals surface area contributed by atoms with Crippen molar-refractivity contribution in [2.24, 2.45) is 5.92 Å². The minimum Gasteiger partial charge on any atom is -0.462 e. The van der Waals surface area contributed by atoms with Gasteiger partial charge in [0.2, 0.25) is 5.13 Å². The maximum Gasteiger partial charge on any atom is 0.276 e. The minimum absolute atomic E-state index is 0.290. The normalized spacial score (nSPS) is 11.0. The van der Waals surface area contributed by atoms with Crippen LogP contribution in [0.25, 0.3) is 10.8 Å². The molecule has 0 saturated heterocycles. The summed E-state index contributed by atoms with van der Waals surface area (Å²) in [4.78, 5) is 16.4. The van der Waals surface area contributed by atoms with Gasteiger partial charge in [0, 0.05) is 11.8 Å². The van der Waals surface area contributed by atoms with Crippen LogP contribution in [0.2, 0.25) is 0 Å². The molecular weight excluding hydrogens is 320 g/mol. The first kappa shape index (κ1) is 14.9. The second-order valence-corrected chi connectivity index (χ2v) is 6.99. The average molecular weight is 334 g/mol. The third-order valence-corrected chi connectivity index (χ3v) is 4.46. The van der Waals surface area contributed by atoms with E-state index in [1.807, 2.05) is 6.07 Å². The van der Waals surface area contributed by atoms with E-state index in [1.165, 1.54) is 22.7 Å². The maximum atomic E-state index is 12.2. The molecule has 0 fully saturated rings. The number of aromatic nitrogens is 3. The van der Waals surface area contributed by atoms with Gasteiger partial charge in [-0.1, -0.05) is 25.2 Å². The standard InChI is InChI=1S/C14H14N4O2S2/c1-8(2)6-11-17-18-14(22-11)16-12(19)9-7-21-13(15-9)10-4-3-5-20-10/h3-5,7-8H,6H2,1-2H3,(H,16,18,19). The Labute approximate surface area is 135 Å². The lowest BCUT2D eigenvalue weighted by Gasteiger charge is -1.98. The Bertz CT molecular complexity index is 762. The molecule has 1 amide bonds. The van der Waals surface area contributed by atoms with Crippen molar-refractivity contribution in [2.45, 2.75) is 20.3 Å². The van der Waals surface area contributed by atoms with Crippen LogP contribution in [-0.4, -0.2) is 21.1 Å². The number of hydrogen-bond donors (Lipinski definition) is 1. The molecule has 0 aliphatic carbocycles. The lowest BCUT2D eigenvalue weighted by atomic mass is 10.1. The fraction of sp³-hybridized carbons (Fsp3) is 0.286. The summed E-state index contributed by atoms with van der Waals surface area (Å²) >= 11 is 2.75. The van der Waals surface area contributed by atoms with Crippen molar-refractivity contribution in [2.75, 3.05) is 5.32 Å². The van der Waals surface area contributed by atoms with Crippen LogP contribution in [0.1, 0.15) is 29.3 Å². The molecule has 8 heteroatoms. The third kappa shape index (κ3) is 3.40. The number of carbonyl (C=O) groups is 1. The molecule has 0 atom stereocenters. The van der Waals surface area contributed by atoms with Crippen molar-refractivity contribution >= 4 is 33.7 Å². The number of amides is 1. The van der Waals surface area contributed by atoms with E-state index in [-0.39, 0.29) is 5.91 Å². The lowest BCUT2D eigenvalue weighted by Crippen LogP contribution is -2.12. The van der Waals surface area contributed by atoms with Gasteiger partial charge in [-0.15, -0.1) is 21.5 Å². The summed E-state index contributed by atoms with van der Waals surface area (Å²) in [5.74, 6) is 0.867. The van der Waals surface area contributed by atoms with Gasteiger partial charge in [-0.2, -0.15) is 0 Å². The summed E-state index contributed by atoms with van der Waals surface area (Å²) in [6, 6.07) is 3.59. The molecule has 0 bridgehead atoms. The first-order valence-electron chi connectivity index (χ1n) is 6.75. The second-order valence-electron chi connectivity index (χ2n) is 5.07. The Kier molecular flexibility index (Phi) is 4.30. The average Bonchev–Trinajstić information content (AvgIpc) is 3.19. The monoisotopic (exact) mass is 334 g/mol. The van der Waals surface area contributed by atoms with Gasteiger partial charge in [-0.25, -0.2) is 4.98 Å². The largest absolute Gasteiger partial charge is 0.462 e. The summed E-state index contributed by atoms with van der Waals surface area (Å²) in [6.45, 7) is 4.23. The van der Waals surface area contributed by atoms with Gasteiger partial charge >= 0.3 is 0 Å².